The predicted molar refractivity (Wildman–Crippen MR) is 127 cm³/mol. The summed E-state index contributed by atoms with van der Waals surface area (Å²) < 4.78 is 38.6. The zero-order valence-corrected chi connectivity index (χ0v) is 19.5. The van der Waals surface area contributed by atoms with Crippen LogP contribution >= 0.6 is 11.6 Å². The van der Waals surface area contributed by atoms with Crippen LogP contribution in [-0.4, -0.2) is 38.8 Å². The molecule has 9 heteroatoms. The number of methoxy groups -OCH3 is 1. The summed E-state index contributed by atoms with van der Waals surface area (Å²) in [7, 11) is -2.28. The first kappa shape index (κ1) is 23.1. The molecule has 0 radical (unpaired) electrons. The van der Waals surface area contributed by atoms with Crippen molar-refractivity contribution in [1.29, 1.82) is 0 Å². The summed E-state index contributed by atoms with van der Waals surface area (Å²) in [5, 5.41) is 3.18. The molecule has 1 fully saturated rings. The van der Waals surface area contributed by atoms with E-state index in [4.69, 9.17) is 21.1 Å². The largest absolute Gasteiger partial charge is 0.496 e. The molecule has 7 nitrogen and oxygen atoms in total. The monoisotopic (exact) mass is 486 g/mol. The number of nitrogens with zero attached hydrogens (tertiary/aromatic N) is 1. The maximum absolute atomic E-state index is 13.2. The molecule has 0 saturated carbocycles. The maximum Gasteiger partial charge on any atom is 0.259 e. The number of carbonyl (C=O) groups is 1. The molecule has 1 N–H and O–H groups in total. The van der Waals surface area contributed by atoms with Gasteiger partial charge in [-0.25, -0.2) is 8.42 Å². The Morgan fingerprint density at radius 1 is 0.970 bits per heavy atom. The number of hydrogen-bond acceptors (Lipinski definition) is 5. The standard InChI is InChI=1S/C24H23ClN2O5S/c1-31-22-12-10-19(33(29,30)27-13-5-6-14-27)16-20(22)24(28)26-21-15-17(25)9-11-23(21)32-18-7-3-2-4-8-18/h2-4,7-12,15-16H,5-6,13-14H2,1H3,(H,26,28). The van der Waals surface area contributed by atoms with Gasteiger partial charge in [-0.1, -0.05) is 29.8 Å². The molecule has 0 unspecified atom stereocenters. The molecule has 1 aliphatic rings. The lowest BCUT2D eigenvalue weighted by Gasteiger charge is -2.17. The van der Waals surface area contributed by atoms with Crippen LogP contribution in [0.2, 0.25) is 5.02 Å². The molecular formula is C24H23ClN2O5S. The molecule has 0 aliphatic carbocycles. The number of hydrogen-bond donors (Lipinski definition) is 1. The van der Waals surface area contributed by atoms with Gasteiger partial charge < -0.3 is 14.8 Å². The third kappa shape index (κ3) is 5.13. The van der Waals surface area contributed by atoms with E-state index >= 15 is 0 Å². The molecule has 33 heavy (non-hydrogen) atoms. The van der Waals surface area contributed by atoms with Crippen molar-refractivity contribution in [2.75, 3.05) is 25.5 Å². The highest BCUT2D eigenvalue weighted by atomic mass is 35.5. The van der Waals surface area contributed by atoms with E-state index in [1.807, 2.05) is 18.2 Å². The van der Waals surface area contributed by atoms with Crippen LogP contribution in [-0.2, 0) is 10.0 Å². The topological polar surface area (TPSA) is 84.9 Å². The van der Waals surface area contributed by atoms with Crippen LogP contribution in [0.5, 0.6) is 17.2 Å². The van der Waals surface area contributed by atoms with Gasteiger partial charge in [0.05, 0.1) is 23.3 Å². The Bertz CT molecular complexity index is 1260. The summed E-state index contributed by atoms with van der Waals surface area (Å²) in [6.07, 6.45) is 1.64. The Morgan fingerprint density at radius 3 is 2.36 bits per heavy atom. The number of ether oxygens (including phenoxy) is 2. The molecule has 3 aromatic rings. The fraction of sp³-hybridized carbons (Fsp3) is 0.208. The fourth-order valence-corrected chi connectivity index (χ4v) is 5.31. The van der Waals surface area contributed by atoms with Gasteiger partial charge in [-0.15, -0.1) is 0 Å². The van der Waals surface area contributed by atoms with Crippen molar-refractivity contribution in [1.82, 2.24) is 4.31 Å². The first-order valence-corrected chi connectivity index (χ1v) is 12.2. The van der Waals surface area contributed by atoms with E-state index in [9.17, 15) is 13.2 Å². The van der Waals surface area contributed by atoms with Crippen LogP contribution in [0, 0.1) is 0 Å². The molecule has 1 saturated heterocycles. The van der Waals surface area contributed by atoms with Gasteiger partial charge in [0, 0.05) is 18.1 Å². The molecule has 0 aromatic heterocycles. The van der Waals surface area contributed by atoms with Crippen LogP contribution in [0.4, 0.5) is 5.69 Å². The Morgan fingerprint density at radius 2 is 1.67 bits per heavy atom. The van der Waals surface area contributed by atoms with Crippen LogP contribution in [0.15, 0.2) is 71.6 Å². The fourth-order valence-electron chi connectivity index (χ4n) is 3.60. The van der Waals surface area contributed by atoms with E-state index in [1.54, 1.807) is 30.3 Å². The van der Waals surface area contributed by atoms with Crippen molar-refractivity contribution in [3.8, 4) is 17.2 Å². The number of amides is 1. The normalized spacial score (nSPS) is 14.1. The van der Waals surface area contributed by atoms with Gasteiger partial charge >= 0.3 is 0 Å². The quantitative estimate of drug-likeness (QED) is 0.497. The molecule has 172 valence electrons. The molecule has 1 amide bonds. The first-order chi connectivity index (χ1) is 15.9. The molecular weight excluding hydrogens is 464 g/mol. The van der Waals surface area contributed by atoms with E-state index in [-0.39, 0.29) is 16.2 Å². The third-order valence-electron chi connectivity index (χ3n) is 5.28. The van der Waals surface area contributed by atoms with Gasteiger partial charge in [0.1, 0.15) is 11.5 Å². The zero-order valence-electron chi connectivity index (χ0n) is 18.0. The van der Waals surface area contributed by atoms with Crippen LogP contribution in [0.3, 0.4) is 0 Å². The lowest BCUT2D eigenvalue weighted by Crippen LogP contribution is -2.28. The van der Waals surface area contributed by atoms with Gasteiger partial charge in [0.2, 0.25) is 10.0 Å². The Balaban J connectivity index is 1.65. The smallest absolute Gasteiger partial charge is 0.259 e. The van der Waals surface area contributed by atoms with E-state index in [0.717, 1.165) is 12.8 Å². The summed E-state index contributed by atoms with van der Waals surface area (Å²) in [4.78, 5) is 13.3. The maximum atomic E-state index is 13.2. The molecule has 1 heterocycles. The zero-order chi connectivity index (χ0) is 23.4. The SMILES string of the molecule is COc1ccc(S(=O)(=O)N2CCCC2)cc1C(=O)Nc1cc(Cl)ccc1Oc1ccccc1. The van der Waals surface area contributed by atoms with E-state index in [2.05, 4.69) is 5.32 Å². The first-order valence-electron chi connectivity index (χ1n) is 10.4. The number of halogens is 1. The van der Waals surface area contributed by atoms with Crippen LogP contribution < -0.4 is 14.8 Å². The highest BCUT2D eigenvalue weighted by Crippen LogP contribution is 2.33. The highest BCUT2D eigenvalue weighted by Gasteiger charge is 2.29. The summed E-state index contributed by atoms with van der Waals surface area (Å²) in [5.74, 6) is 0.677. The van der Waals surface area contributed by atoms with Crippen molar-refractivity contribution < 1.29 is 22.7 Å². The number of rotatable bonds is 7. The van der Waals surface area contributed by atoms with Gasteiger partial charge in [0.25, 0.3) is 5.91 Å². The second-order valence-electron chi connectivity index (χ2n) is 7.48. The second-order valence-corrected chi connectivity index (χ2v) is 9.86. The van der Waals surface area contributed by atoms with Gasteiger partial charge in [-0.2, -0.15) is 4.31 Å². The third-order valence-corrected chi connectivity index (χ3v) is 7.41. The van der Waals surface area contributed by atoms with E-state index in [0.29, 0.717) is 35.3 Å². The minimum Gasteiger partial charge on any atom is -0.496 e. The van der Waals surface area contributed by atoms with Gasteiger partial charge in [0.15, 0.2) is 5.75 Å². The van der Waals surface area contributed by atoms with Crippen molar-refractivity contribution >= 4 is 33.2 Å². The van der Waals surface area contributed by atoms with Crippen molar-refractivity contribution in [2.45, 2.75) is 17.7 Å². The van der Waals surface area contributed by atoms with Gasteiger partial charge in [-0.3, -0.25) is 4.79 Å². The number of carbonyl (C=O) groups excluding carboxylic acids is 1. The van der Waals surface area contributed by atoms with Crippen LogP contribution in [0.1, 0.15) is 23.2 Å². The Hall–Kier alpha value is -3.07. The minimum atomic E-state index is -3.70. The molecule has 4 rings (SSSR count). The summed E-state index contributed by atoms with van der Waals surface area (Å²) in [6.45, 7) is 0.942. The number of anilines is 1. The lowest BCUT2D eigenvalue weighted by molar-refractivity contribution is 0.102. The highest BCUT2D eigenvalue weighted by molar-refractivity contribution is 7.89. The molecule has 1 aliphatic heterocycles. The number of sulfonamides is 1. The lowest BCUT2D eigenvalue weighted by atomic mass is 10.1. The predicted octanol–water partition coefficient (Wildman–Crippen LogP) is 5.18. The Kier molecular flexibility index (Phi) is 6.88. The molecule has 3 aromatic carbocycles. The number of para-hydroxylation sites is 1. The van der Waals surface area contributed by atoms with Crippen molar-refractivity contribution in [3.63, 3.8) is 0 Å². The minimum absolute atomic E-state index is 0.0437. The average Bonchev–Trinajstić information content (AvgIpc) is 3.37. The molecule has 0 spiro atoms. The molecule has 0 bridgehead atoms. The number of nitrogens with one attached hydrogen (secondary N) is 1. The van der Waals surface area contributed by atoms with E-state index in [1.165, 1.54) is 29.6 Å². The molecule has 0 atom stereocenters. The van der Waals surface area contributed by atoms with Crippen molar-refractivity contribution in [3.05, 3.63) is 77.3 Å². The van der Waals surface area contributed by atoms with Gasteiger partial charge in [-0.05, 0) is 61.4 Å². The summed E-state index contributed by atoms with van der Waals surface area (Å²) in [5.41, 5.74) is 0.426. The summed E-state index contributed by atoms with van der Waals surface area (Å²) in [6, 6.07) is 18.2. The number of benzene rings is 3. The van der Waals surface area contributed by atoms with Crippen LogP contribution in [0.25, 0.3) is 0 Å². The average molecular weight is 487 g/mol. The van der Waals surface area contributed by atoms with Crippen molar-refractivity contribution in [2.24, 2.45) is 0 Å². The van der Waals surface area contributed by atoms with E-state index < -0.39 is 15.9 Å². The second kappa shape index (κ2) is 9.82. The summed E-state index contributed by atoms with van der Waals surface area (Å²) >= 11 is 6.15. The Labute approximate surface area is 197 Å².